The molecule has 2 aromatic rings. The lowest BCUT2D eigenvalue weighted by Crippen LogP contribution is -2.44. The minimum absolute atomic E-state index is 0.206. The van der Waals surface area contributed by atoms with E-state index in [1.807, 2.05) is 44.2 Å². The van der Waals surface area contributed by atoms with E-state index in [0.29, 0.717) is 37.7 Å². The van der Waals surface area contributed by atoms with Crippen molar-refractivity contribution in [2.24, 2.45) is 5.92 Å². The predicted molar refractivity (Wildman–Crippen MR) is 115 cm³/mol. The smallest absolute Gasteiger partial charge is 0.410 e. The highest BCUT2D eigenvalue weighted by atomic mass is 16.7. The number of amides is 1. The first-order valence-electron chi connectivity index (χ1n) is 10.6. The zero-order valence-corrected chi connectivity index (χ0v) is 18.5. The summed E-state index contributed by atoms with van der Waals surface area (Å²) in [4.78, 5) is 26.6. The number of fused-ring (bicyclic) bond motifs is 2. The number of benzene rings is 2. The highest BCUT2D eigenvalue weighted by molar-refractivity contribution is 5.84. The van der Waals surface area contributed by atoms with Crippen LogP contribution in [-0.2, 0) is 27.3 Å². The summed E-state index contributed by atoms with van der Waals surface area (Å²) in [7, 11) is 1.32. The maximum Gasteiger partial charge on any atom is 0.410 e. The van der Waals surface area contributed by atoms with Crippen molar-refractivity contribution in [3.63, 3.8) is 0 Å². The molecule has 8 nitrogen and oxygen atoms in total. The Morgan fingerprint density at radius 3 is 2.72 bits per heavy atom. The second kappa shape index (κ2) is 9.38. The van der Waals surface area contributed by atoms with Gasteiger partial charge in [-0.15, -0.1) is 0 Å². The van der Waals surface area contributed by atoms with Crippen molar-refractivity contribution in [2.45, 2.75) is 32.9 Å². The van der Waals surface area contributed by atoms with E-state index in [4.69, 9.17) is 23.7 Å². The van der Waals surface area contributed by atoms with Gasteiger partial charge in [0.05, 0.1) is 13.7 Å². The lowest BCUT2D eigenvalue weighted by molar-refractivity contribution is -0.147. The molecule has 0 saturated heterocycles. The molecule has 1 atom stereocenters. The summed E-state index contributed by atoms with van der Waals surface area (Å²) in [5.41, 5.74) is 2.62. The summed E-state index contributed by atoms with van der Waals surface area (Å²) < 4.78 is 27.0. The second-order valence-electron chi connectivity index (χ2n) is 8.18. The van der Waals surface area contributed by atoms with E-state index in [1.165, 1.54) is 12.0 Å². The Bertz CT molecular complexity index is 1000. The molecule has 0 fully saturated rings. The van der Waals surface area contributed by atoms with Gasteiger partial charge in [0, 0.05) is 6.54 Å². The highest BCUT2D eigenvalue weighted by Crippen LogP contribution is 2.35. The molecule has 8 heteroatoms. The third-order valence-corrected chi connectivity index (χ3v) is 5.38. The average Bonchev–Trinajstić information content (AvgIpc) is 3.27. The van der Waals surface area contributed by atoms with E-state index < -0.39 is 18.1 Å². The Labute approximate surface area is 187 Å². The van der Waals surface area contributed by atoms with E-state index in [-0.39, 0.29) is 12.7 Å². The molecule has 2 aliphatic heterocycles. The highest BCUT2D eigenvalue weighted by Gasteiger charge is 2.38. The zero-order valence-electron chi connectivity index (χ0n) is 18.5. The molecule has 4 rings (SSSR count). The van der Waals surface area contributed by atoms with Crippen LogP contribution in [-0.4, -0.2) is 44.0 Å². The van der Waals surface area contributed by atoms with Crippen molar-refractivity contribution in [1.82, 2.24) is 4.90 Å². The third kappa shape index (κ3) is 4.59. The van der Waals surface area contributed by atoms with Crippen molar-refractivity contribution >= 4 is 12.1 Å². The van der Waals surface area contributed by atoms with Crippen LogP contribution in [0.3, 0.4) is 0 Å². The van der Waals surface area contributed by atoms with Crippen LogP contribution < -0.4 is 14.2 Å². The Kier molecular flexibility index (Phi) is 6.39. The Hall–Kier alpha value is -3.42. The molecule has 0 N–H and O–H groups in total. The van der Waals surface area contributed by atoms with Crippen molar-refractivity contribution in [3.8, 4) is 17.2 Å². The third-order valence-electron chi connectivity index (χ3n) is 5.38. The van der Waals surface area contributed by atoms with Crippen LogP contribution >= 0.6 is 0 Å². The lowest BCUT2D eigenvalue weighted by Gasteiger charge is -2.35. The molecule has 2 heterocycles. The summed E-state index contributed by atoms with van der Waals surface area (Å²) in [6, 6.07) is 10.4. The van der Waals surface area contributed by atoms with Gasteiger partial charge in [-0.25, -0.2) is 9.59 Å². The minimum Gasteiger partial charge on any atom is -0.489 e. The fourth-order valence-electron chi connectivity index (χ4n) is 3.77. The quantitative estimate of drug-likeness (QED) is 0.630. The number of esters is 1. The minimum atomic E-state index is -0.841. The van der Waals surface area contributed by atoms with Crippen LogP contribution in [0.5, 0.6) is 17.2 Å². The van der Waals surface area contributed by atoms with Crippen molar-refractivity contribution < 1.29 is 33.3 Å². The topological polar surface area (TPSA) is 83.5 Å². The summed E-state index contributed by atoms with van der Waals surface area (Å²) in [6.45, 7) is 5.17. The first-order valence-corrected chi connectivity index (χ1v) is 10.6. The van der Waals surface area contributed by atoms with Crippen LogP contribution in [0.25, 0.3) is 0 Å². The van der Waals surface area contributed by atoms with Crippen LogP contribution in [0.15, 0.2) is 36.4 Å². The predicted octanol–water partition coefficient (Wildman–Crippen LogP) is 3.86. The Morgan fingerprint density at radius 2 is 1.94 bits per heavy atom. The van der Waals surface area contributed by atoms with Crippen LogP contribution in [0.2, 0.25) is 0 Å². The molecule has 32 heavy (non-hydrogen) atoms. The molecule has 1 amide bonds. The first kappa shape index (κ1) is 21.8. The van der Waals surface area contributed by atoms with E-state index in [1.54, 1.807) is 6.07 Å². The zero-order chi connectivity index (χ0) is 22.7. The maximum absolute atomic E-state index is 12.6. The Balaban J connectivity index is 1.49. The van der Waals surface area contributed by atoms with Gasteiger partial charge in [-0.1, -0.05) is 26.0 Å². The maximum atomic E-state index is 12.6. The summed E-state index contributed by atoms with van der Waals surface area (Å²) in [5, 5.41) is 0. The van der Waals surface area contributed by atoms with Gasteiger partial charge in [0.2, 0.25) is 6.79 Å². The van der Waals surface area contributed by atoms with E-state index >= 15 is 0 Å². The molecule has 0 radical (unpaired) electrons. The monoisotopic (exact) mass is 441 g/mol. The van der Waals surface area contributed by atoms with E-state index in [9.17, 15) is 9.59 Å². The summed E-state index contributed by atoms with van der Waals surface area (Å²) in [6.07, 6.45) is 0.0729. The van der Waals surface area contributed by atoms with Gasteiger partial charge in [0.1, 0.15) is 12.4 Å². The van der Waals surface area contributed by atoms with Gasteiger partial charge in [-0.05, 0) is 53.3 Å². The number of nitrogens with zero attached hydrogens (tertiary/aromatic N) is 1. The van der Waals surface area contributed by atoms with Crippen LogP contribution in [0.1, 0.15) is 36.6 Å². The number of rotatable bonds is 6. The number of carbonyl (C=O) groups excluding carboxylic acids is 2. The van der Waals surface area contributed by atoms with Crippen molar-refractivity contribution in [2.75, 3.05) is 27.1 Å². The molecule has 2 aromatic carbocycles. The molecular formula is C24H27NO7. The van der Waals surface area contributed by atoms with Gasteiger partial charge < -0.3 is 23.7 Å². The standard InChI is InChI=1S/C24H27NO7/c1-15(2)12-30-24(27)25-9-8-17-11-18(5-6-19(17)22(25)23(26)28-3)29-13-16-4-7-20-21(10-16)32-14-31-20/h4-7,10-11,15,22H,8-9,12-14H2,1-3H3. The molecule has 0 spiro atoms. The largest absolute Gasteiger partial charge is 0.489 e. The molecule has 2 aliphatic rings. The fourth-order valence-corrected chi connectivity index (χ4v) is 3.77. The molecule has 0 aromatic heterocycles. The number of carbonyl (C=O) groups is 2. The molecular weight excluding hydrogens is 414 g/mol. The normalized spacial score (nSPS) is 16.5. The number of methoxy groups -OCH3 is 1. The molecule has 0 bridgehead atoms. The van der Waals surface area contributed by atoms with Gasteiger partial charge in [-0.2, -0.15) is 0 Å². The SMILES string of the molecule is COC(=O)C1c2ccc(OCc3ccc4c(c3)OCO4)cc2CCN1C(=O)OCC(C)C. The second-order valence-corrected chi connectivity index (χ2v) is 8.18. The molecule has 0 saturated carbocycles. The Morgan fingerprint density at radius 1 is 1.12 bits per heavy atom. The van der Waals surface area contributed by atoms with Crippen LogP contribution in [0.4, 0.5) is 4.79 Å². The van der Waals surface area contributed by atoms with E-state index in [2.05, 4.69) is 0 Å². The van der Waals surface area contributed by atoms with Crippen molar-refractivity contribution in [1.29, 1.82) is 0 Å². The lowest BCUT2D eigenvalue weighted by atomic mass is 9.92. The fraction of sp³-hybridized carbons (Fsp3) is 0.417. The van der Waals surface area contributed by atoms with Crippen molar-refractivity contribution in [3.05, 3.63) is 53.1 Å². The van der Waals surface area contributed by atoms with Gasteiger partial charge in [-0.3, -0.25) is 4.90 Å². The van der Waals surface area contributed by atoms with Gasteiger partial charge in [0.25, 0.3) is 0 Å². The number of ether oxygens (including phenoxy) is 5. The van der Waals surface area contributed by atoms with Gasteiger partial charge >= 0.3 is 12.1 Å². The molecule has 170 valence electrons. The molecule has 1 unspecified atom stereocenters. The summed E-state index contributed by atoms with van der Waals surface area (Å²) in [5.74, 6) is 1.83. The van der Waals surface area contributed by atoms with Crippen LogP contribution in [0, 0.1) is 5.92 Å². The van der Waals surface area contributed by atoms with Gasteiger partial charge in [0.15, 0.2) is 17.5 Å². The molecule has 0 aliphatic carbocycles. The average molecular weight is 441 g/mol. The number of hydrogen-bond donors (Lipinski definition) is 0. The van der Waals surface area contributed by atoms with E-state index in [0.717, 1.165) is 22.4 Å². The number of hydrogen-bond acceptors (Lipinski definition) is 7. The summed E-state index contributed by atoms with van der Waals surface area (Å²) >= 11 is 0. The first-order chi connectivity index (χ1) is 15.5.